The molecule has 0 spiro atoms. The van der Waals surface area contributed by atoms with Crippen LogP contribution in [0.4, 0.5) is 0 Å². The van der Waals surface area contributed by atoms with Crippen LogP contribution < -0.4 is 5.32 Å². The average Bonchev–Trinajstić information content (AvgIpc) is 2.40. The van der Waals surface area contributed by atoms with Crippen LogP contribution in [0.15, 0.2) is 18.2 Å². The largest absolute Gasteiger partial charge is 0.393 e. The third kappa shape index (κ3) is 3.69. The van der Waals surface area contributed by atoms with Crippen molar-refractivity contribution in [2.45, 2.75) is 38.7 Å². The summed E-state index contributed by atoms with van der Waals surface area (Å²) in [6, 6.07) is 5.76. The van der Waals surface area contributed by atoms with Gasteiger partial charge in [0.1, 0.15) is 0 Å². The minimum Gasteiger partial charge on any atom is -0.393 e. The van der Waals surface area contributed by atoms with Crippen LogP contribution in [0.2, 0.25) is 0 Å². The maximum absolute atomic E-state index is 12.2. The molecular weight excluding hydrogens is 353 g/mol. The first kappa shape index (κ1) is 14.8. The van der Waals surface area contributed by atoms with E-state index >= 15 is 0 Å². The lowest BCUT2D eigenvalue weighted by Gasteiger charge is -2.27. The van der Waals surface area contributed by atoms with Crippen LogP contribution in [0.25, 0.3) is 0 Å². The van der Waals surface area contributed by atoms with E-state index in [0.29, 0.717) is 6.54 Å². The highest BCUT2D eigenvalue weighted by Crippen LogP contribution is 2.24. The van der Waals surface area contributed by atoms with Crippen molar-refractivity contribution in [2.75, 3.05) is 6.54 Å². The van der Waals surface area contributed by atoms with Crippen LogP contribution in [0.1, 0.15) is 41.6 Å². The normalized spacial score (nSPS) is 23.1. The van der Waals surface area contributed by atoms with Gasteiger partial charge in [0.25, 0.3) is 5.91 Å². The Bertz CT molecular complexity index is 461. The topological polar surface area (TPSA) is 49.3 Å². The van der Waals surface area contributed by atoms with Gasteiger partial charge in [0, 0.05) is 16.0 Å². The van der Waals surface area contributed by atoms with Gasteiger partial charge >= 0.3 is 0 Å². The molecule has 0 saturated heterocycles. The second-order valence-electron chi connectivity index (χ2n) is 5.26. The molecule has 1 aliphatic carbocycles. The van der Waals surface area contributed by atoms with E-state index < -0.39 is 0 Å². The Balaban J connectivity index is 1.95. The third-order valence-electron chi connectivity index (χ3n) is 3.83. The standard InChI is InChI=1S/C15H20INO2/c1-10-5-4-7-12(14(10)16)15(19)17-9-11-6-2-3-8-13(11)18/h4-5,7,11,13,18H,2-3,6,8-9H2,1H3,(H,17,19). The molecule has 1 amide bonds. The molecule has 0 aliphatic heterocycles. The zero-order valence-electron chi connectivity index (χ0n) is 11.2. The summed E-state index contributed by atoms with van der Waals surface area (Å²) >= 11 is 2.21. The van der Waals surface area contributed by atoms with E-state index in [9.17, 15) is 9.90 Å². The molecular formula is C15H20INO2. The first-order chi connectivity index (χ1) is 9.09. The van der Waals surface area contributed by atoms with E-state index in [0.717, 1.165) is 40.4 Å². The van der Waals surface area contributed by atoms with E-state index in [1.807, 2.05) is 25.1 Å². The molecule has 2 atom stereocenters. The van der Waals surface area contributed by atoms with Gasteiger partial charge in [-0.1, -0.05) is 25.0 Å². The van der Waals surface area contributed by atoms with Crippen LogP contribution in [-0.2, 0) is 0 Å². The monoisotopic (exact) mass is 373 g/mol. The molecule has 0 aromatic heterocycles. The van der Waals surface area contributed by atoms with Gasteiger partial charge in [-0.3, -0.25) is 4.79 Å². The predicted molar refractivity (Wildman–Crippen MR) is 84.2 cm³/mol. The molecule has 0 bridgehead atoms. The van der Waals surface area contributed by atoms with Gasteiger partial charge in [0.2, 0.25) is 0 Å². The van der Waals surface area contributed by atoms with Crippen molar-refractivity contribution in [3.63, 3.8) is 0 Å². The number of benzene rings is 1. The molecule has 1 saturated carbocycles. The second kappa shape index (κ2) is 6.70. The minimum atomic E-state index is -0.259. The Morgan fingerprint density at radius 2 is 2.16 bits per heavy atom. The molecule has 0 radical (unpaired) electrons. The number of halogens is 1. The van der Waals surface area contributed by atoms with Gasteiger partial charge in [-0.25, -0.2) is 0 Å². The van der Waals surface area contributed by atoms with E-state index in [4.69, 9.17) is 0 Å². The van der Waals surface area contributed by atoms with Crippen molar-refractivity contribution < 1.29 is 9.90 Å². The molecule has 2 unspecified atom stereocenters. The molecule has 3 nitrogen and oxygen atoms in total. The van der Waals surface area contributed by atoms with Crippen LogP contribution >= 0.6 is 22.6 Å². The second-order valence-corrected chi connectivity index (χ2v) is 6.34. The quantitative estimate of drug-likeness (QED) is 0.801. The number of aliphatic hydroxyl groups is 1. The first-order valence-corrected chi connectivity index (χ1v) is 7.89. The minimum absolute atomic E-state index is 0.0362. The van der Waals surface area contributed by atoms with Gasteiger partial charge in [0.05, 0.1) is 11.7 Å². The van der Waals surface area contributed by atoms with E-state index in [1.165, 1.54) is 0 Å². The van der Waals surface area contributed by atoms with Crippen molar-refractivity contribution in [2.24, 2.45) is 5.92 Å². The molecule has 1 fully saturated rings. The first-order valence-electron chi connectivity index (χ1n) is 6.81. The highest BCUT2D eigenvalue weighted by molar-refractivity contribution is 14.1. The van der Waals surface area contributed by atoms with Gasteiger partial charge in [-0.2, -0.15) is 0 Å². The Labute approximate surface area is 127 Å². The van der Waals surface area contributed by atoms with E-state index in [-0.39, 0.29) is 17.9 Å². The lowest BCUT2D eigenvalue weighted by Crippen LogP contribution is -2.36. The smallest absolute Gasteiger partial charge is 0.252 e. The van der Waals surface area contributed by atoms with E-state index in [2.05, 4.69) is 27.9 Å². The van der Waals surface area contributed by atoms with Crippen molar-refractivity contribution >= 4 is 28.5 Å². The molecule has 2 rings (SSSR count). The Kier molecular flexibility index (Phi) is 5.21. The number of hydrogen-bond donors (Lipinski definition) is 2. The molecule has 1 aromatic carbocycles. The summed E-state index contributed by atoms with van der Waals surface area (Å²) in [6.45, 7) is 2.58. The van der Waals surface area contributed by atoms with Crippen LogP contribution in [-0.4, -0.2) is 23.7 Å². The fraction of sp³-hybridized carbons (Fsp3) is 0.533. The Morgan fingerprint density at radius 3 is 2.89 bits per heavy atom. The number of rotatable bonds is 3. The van der Waals surface area contributed by atoms with Crippen molar-refractivity contribution in [1.29, 1.82) is 0 Å². The van der Waals surface area contributed by atoms with Crippen LogP contribution in [0.3, 0.4) is 0 Å². The van der Waals surface area contributed by atoms with Gasteiger partial charge in [0.15, 0.2) is 0 Å². The van der Waals surface area contributed by atoms with Gasteiger partial charge in [-0.15, -0.1) is 0 Å². The highest BCUT2D eigenvalue weighted by Gasteiger charge is 2.23. The summed E-state index contributed by atoms with van der Waals surface area (Å²) in [5, 5.41) is 12.9. The SMILES string of the molecule is Cc1cccc(C(=O)NCC2CCCCC2O)c1I. The summed E-state index contributed by atoms with van der Waals surface area (Å²) in [5.74, 6) is 0.172. The molecule has 0 heterocycles. The molecule has 2 N–H and O–H groups in total. The number of hydrogen-bond acceptors (Lipinski definition) is 2. The summed E-state index contributed by atoms with van der Waals surface area (Å²) in [6.07, 6.45) is 3.86. The van der Waals surface area contributed by atoms with Crippen LogP contribution in [0, 0.1) is 16.4 Å². The number of carbonyl (C=O) groups excluding carboxylic acids is 1. The maximum Gasteiger partial charge on any atom is 0.252 e. The van der Waals surface area contributed by atoms with Crippen molar-refractivity contribution in [1.82, 2.24) is 5.32 Å². The zero-order valence-corrected chi connectivity index (χ0v) is 13.3. The number of aliphatic hydroxyl groups excluding tert-OH is 1. The summed E-state index contributed by atoms with van der Waals surface area (Å²) in [4.78, 5) is 12.2. The van der Waals surface area contributed by atoms with Crippen molar-refractivity contribution in [3.8, 4) is 0 Å². The third-order valence-corrected chi connectivity index (χ3v) is 5.26. The highest BCUT2D eigenvalue weighted by atomic mass is 127. The summed E-state index contributed by atoms with van der Waals surface area (Å²) in [7, 11) is 0. The Morgan fingerprint density at radius 1 is 1.42 bits per heavy atom. The van der Waals surface area contributed by atoms with Crippen LogP contribution in [0.5, 0.6) is 0 Å². The lowest BCUT2D eigenvalue weighted by atomic mass is 9.86. The Hall–Kier alpha value is -0.620. The average molecular weight is 373 g/mol. The number of aryl methyl sites for hydroxylation is 1. The maximum atomic E-state index is 12.2. The van der Waals surface area contributed by atoms with E-state index in [1.54, 1.807) is 0 Å². The number of carbonyl (C=O) groups is 1. The zero-order chi connectivity index (χ0) is 13.8. The fourth-order valence-corrected chi connectivity index (χ4v) is 3.17. The molecule has 4 heteroatoms. The molecule has 1 aromatic rings. The number of nitrogens with one attached hydrogen (secondary N) is 1. The summed E-state index contributed by atoms with van der Waals surface area (Å²) in [5.41, 5.74) is 1.84. The molecule has 1 aliphatic rings. The molecule has 104 valence electrons. The van der Waals surface area contributed by atoms with Gasteiger partial charge in [-0.05, 0) is 54.0 Å². The number of amides is 1. The van der Waals surface area contributed by atoms with Crippen molar-refractivity contribution in [3.05, 3.63) is 32.9 Å². The summed E-state index contributed by atoms with van der Waals surface area (Å²) < 4.78 is 1.00. The lowest BCUT2D eigenvalue weighted by molar-refractivity contribution is 0.0662. The van der Waals surface area contributed by atoms with Gasteiger partial charge < -0.3 is 10.4 Å². The fourth-order valence-electron chi connectivity index (χ4n) is 2.57. The predicted octanol–water partition coefficient (Wildman–Crippen LogP) is 2.88. The molecule has 19 heavy (non-hydrogen) atoms.